The molecule has 0 atom stereocenters. The van der Waals surface area contributed by atoms with E-state index in [0.717, 1.165) is 5.56 Å². The molecule has 0 unspecified atom stereocenters. The third kappa shape index (κ3) is 3.01. The van der Waals surface area contributed by atoms with Gasteiger partial charge >= 0.3 is 0 Å². The molecule has 2 rings (SSSR count). The summed E-state index contributed by atoms with van der Waals surface area (Å²) in [5.41, 5.74) is 0.866. The first-order chi connectivity index (χ1) is 8.72. The molecule has 0 N–H and O–H groups in total. The average molecular weight is 311 g/mol. The molecule has 2 nitrogen and oxygen atoms in total. The Bertz CT molecular complexity index is 543. The molecule has 94 valence electrons. The molecule has 0 bridgehead atoms. The lowest BCUT2D eigenvalue weighted by Gasteiger charge is -2.08. The van der Waals surface area contributed by atoms with Gasteiger partial charge in [-0.05, 0) is 29.8 Å². The third-order valence-electron chi connectivity index (χ3n) is 2.42. The molecule has 4 heteroatoms. The minimum absolute atomic E-state index is 0.202. The summed E-state index contributed by atoms with van der Waals surface area (Å²) in [5.74, 6) is 1.03. The van der Waals surface area contributed by atoms with Crippen molar-refractivity contribution in [1.82, 2.24) is 0 Å². The van der Waals surface area contributed by atoms with Crippen LogP contribution in [-0.4, -0.2) is 7.11 Å². The predicted molar refractivity (Wildman–Crippen MR) is 72.1 cm³/mol. The molecule has 0 heterocycles. The van der Waals surface area contributed by atoms with Crippen LogP contribution in [0.15, 0.2) is 42.5 Å². The van der Waals surface area contributed by atoms with Crippen molar-refractivity contribution in [3.05, 3.63) is 53.8 Å². The Morgan fingerprint density at radius 3 is 2.56 bits per heavy atom. The number of benzene rings is 2. The smallest absolute Gasteiger partial charge is 0.166 e. The first-order valence-electron chi connectivity index (χ1n) is 5.39. The first-order valence-corrected chi connectivity index (χ1v) is 6.51. The van der Waals surface area contributed by atoms with E-state index in [4.69, 9.17) is 9.47 Å². The Kier molecular flexibility index (Phi) is 4.20. The van der Waals surface area contributed by atoms with Crippen molar-refractivity contribution in [3.63, 3.8) is 0 Å². The predicted octanol–water partition coefficient (Wildman–Crippen LogP) is 4.52. The van der Waals surface area contributed by atoms with Crippen LogP contribution in [0.3, 0.4) is 0 Å². The summed E-state index contributed by atoms with van der Waals surface area (Å²) in [5, 5.41) is 0.614. The van der Waals surface area contributed by atoms with E-state index in [9.17, 15) is 4.39 Å². The maximum Gasteiger partial charge on any atom is 0.166 e. The molecular formula is C14H12BrFO2. The molecular weight excluding hydrogens is 299 g/mol. The molecule has 2 aromatic carbocycles. The highest BCUT2D eigenvalue weighted by Crippen LogP contribution is 2.28. The molecule has 2 aromatic rings. The van der Waals surface area contributed by atoms with E-state index >= 15 is 0 Å². The van der Waals surface area contributed by atoms with Crippen LogP contribution in [-0.2, 0) is 5.33 Å². The second-order valence-electron chi connectivity index (χ2n) is 3.68. The fourth-order valence-electron chi connectivity index (χ4n) is 1.50. The maximum atomic E-state index is 13.7. The zero-order chi connectivity index (χ0) is 13.0. The van der Waals surface area contributed by atoms with Gasteiger partial charge in [0.1, 0.15) is 11.5 Å². The van der Waals surface area contributed by atoms with Gasteiger partial charge in [0.05, 0.1) is 7.11 Å². The van der Waals surface area contributed by atoms with E-state index in [2.05, 4.69) is 15.9 Å². The van der Waals surface area contributed by atoms with Crippen molar-refractivity contribution < 1.29 is 13.9 Å². The molecule has 0 aliphatic heterocycles. The molecule has 0 radical (unpaired) electrons. The van der Waals surface area contributed by atoms with Gasteiger partial charge in [0.15, 0.2) is 11.6 Å². The normalized spacial score (nSPS) is 10.2. The standard InChI is InChI=1S/C14H12BrFO2/c1-17-11-3-2-4-12(8-11)18-14-6-5-10(9-15)7-13(14)16/h2-8H,9H2,1H3. The van der Waals surface area contributed by atoms with E-state index in [-0.39, 0.29) is 11.6 Å². The minimum atomic E-state index is -0.380. The summed E-state index contributed by atoms with van der Waals surface area (Å²) in [6, 6.07) is 11.9. The van der Waals surface area contributed by atoms with Gasteiger partial charge in [0.2, 0.25) is 0 Å². The number of hydrogen-bond donors (Lipinski definition) is 0. The lowest BCUT2D eigenvalue weighted by molar-refractivity contribution is 0.405. The number of methoxy groups -OCH3 is 1. The van der Waals surface area contributed by atoms with E-state index in [1.807, 2.05) is 6.07 Å². The van der Waals surface area contributed by atoms with Crippen molar-refractivity contribution in [2.45, 2.75) is 5.33 Å². The number of hydrogen-bond acceptors (Lipinski definition) is 2. The van der Waals surface area contributed by atoms with Gasteiger partial charge in [-0.2, -0.15) is 0 Å². The highest BCUT2D eigenvalue weighted by atomic mass is 79.9. The summed E-state index contributed by atoms with van der Waals surface area (Å²) >= 11 is 3.28. The van der Waals surface area contributed by atoms with E-state index < -0.39 is 0 Å². The molecule has 0 saturated carbocycles. The zero-order valence-corrected chi connectivity index (χ0v) is 11.4. The number of halogens is 2. The second kappa shape index (κ2) is 5.87. The number of alkyl halides is 1. The molecule has 0 spiro atoms. The molecule has 0 aliphatic rings. The lowest BCUT2D eigenvalue weighted by Crippen LogP contribution is -1.90. The monoisotopic (exact) mass is 310 g/mol. The van der Waals surface area contributed by atoms with Crippen LogP contribution >= 0.6 is 15.9 Å². The Balaban J connectivity index is 2.22. The van der Waals surface area contributed by atoms with Crippen molar-refractivity contribution in [2.24, 2.45) is 0 Å². The van der Waals surface area contributed by atoms with Crippen molar-refractivity contribution in [3.8, 4) is 17.2 Å². The quantitative estimate of drug-likeness (QED) is 0.773. The first kappa shape index (κ1) is 12.9. The van der Waals surface area contributed by atoms with Gasteiger partial charge in [-0.3, -0.25) is 0 Å². The van der Waals surface area contributed by atoms with E-state index in [0.29, 0.717) is 16.8 Å². The Labute approximate surface area is 113 Å². The molecule has 0 saturated heterocycles. The molecule has 0 aromatic heterocycles. The fourth-order valence-corrected chi connectivity index (χ4v) is 1.85. The summed E-state index contributed by atoms with van der Waals surface area (Å²) in [4.78, 5) is 0. The molecule has 0 aliphatic carbocycles. The molecule has 18 heavy (non-hydrogen) atoms. The van der Waals surface area contributed by atoms with Crippen LogP contribution in [0.1, 0.15) is 5.56 Å². The van der Waals surface area contributed by atoms with Crippen LogP contribution < -0.4 is 9.47 Å². The highest BCUT2D eigenvalue weighted by Gasteiger charge is 2.06. The van der Waals surface area contributed by atoms with Crippen LogP contribution in [0.5, 0.6) is 17.2 Å². The van der Waals surface area contributed by atoms with Crippen LogP contribution in [0, 0.1) is 5.82 Å². The van der Waals surface area contributed by atoms with Crippen molar-refractivity contribution in [2.75, 3.05) is 7.11 Å². The van der Waals surface area contributed by atoms with Gasteiger partial charge in [0.25, 0.3) is 0 Å². The largest absolute Gasteiger partial charge is 0.497 e. The topological polar surface area (TPSA) is 18.5 Å². The van der Waals surface area contributed by atoms with Crippen molar-refractivity contribution >= 4 is 15.9 Å². The van der Waals surface area contributed by atoms with Gasteiger partial charge < -0.3 is 9.47 Å². The van der Waals surface area contributed by atoms with Crippen LogP contribution in [0.2, 0.25) is 0 Å². The Morgan fingerprint density at radius 1 is 1.11 bits per heavy atom. The van der Waals surface area contributed by atoms with Gasteiger partial charge in [0, 0.05) is 11.4 Å². The van der Waals surface area contributed by atoms with Crippen molar-refractivity contribution in [1.29, 1.82) is 0 Å². The SMILES string of the molecule is COc1cccc(Oc2ccc(CBr)cc2F)c1. The Hall–Kier alpha value is -1.55. The van der Waals surface area contributed by atoms with Gasteiger partial charge in [-0.25, -0.2) is 4.39 Å². The second-order valence-corrected chi connectivity index (χ2v) is 4.24. The number of rotatable bonds is 4. The van der Waals surface area contributed by atoms with Gasteiger partial charge in [-0.15, -0.1) is 0 Å². The lowest BCUT2D eigenvalue weighted by atomic mass is 10.2. The average Bonchev–Trinajstić information content (AvgIpc) is 2.41. The van der Waals surface area contributed by atoms with Gasteiger partial charge in [-0.1, -0.05) is 28.1 Å². The number of ether oxygens (including phenoxy) is 2. The molecule has 0 fully saturated rings. The summed E-state index contributed by atoms with van der Waals surface area (Å²) in [6.07, 6.45) is 0. The zero-order valence-electron chi connectivity index (χ0n) is 9.82. The van der Waals surface area contributed by atoms with Crippen LogP contribution in [0.25, 0.3) is 0 Å². The summed E-state index contributed by atoms with van der Waals surface area (Å²) in [7, 11) is 1.57. The summed E-state index contributed by atoms with van der Waals surface area (Å²) < 4.78 is 24.3. The fraction of sp³-hybridized carbons (Fsp3) is 0.143. The minimum Gasteiger partial charge on any atom is -0.497 e. The van der Waals surface area contributed by atoms with E-state index in [1.54, 1.807) is 37.4 Å². The van der Waals surface area contributed by atoms with E-state index in [1.165, 1.54) is 6.07 Å². The molecule has 0 amide bonds. The van der Waals surface area contributed by atoms with Crippen LogP contribution in [0.4, 0.5) is 4.39 Å². The third-order valence-corrected chi connectivity index (χ3v) is 3.07. The Morgan fingerprint density at radius 2 is 1.89 bits per heavy atom. The maximum absolute atomic E-state index is 13.7. The highest BCUT2D eigenvalue weighted by molar-refractivity contribution is 9.08. The summed E-state index contributed by atoms with van der Waals surface area (Å²) in [6.45, 7) is 0.